The second kappa shape index (κ2) is 10.7. The molecule has 2 N–H and O–H groups in total. The van der Waals surface area contributed by atoms with Crippen LogP contribution in [0.3, 0.4) is 0 Å². The second-order valence-corrected chi connectivity index (χ2v) is 7.10. The number of carbonyl (C=O) groups excluding carboxylic acids is 2. The molecule has 0 saturated heterocycles. The first-order chi connectivity index (χ1) is 13.0. The summed E-state index contributed by atoms with van der Waals surface area (Å²) in [6.45, 7) is 1.17. The lowest BCUT2D eigenvalue weighted by molar-refractivity contribution is -0.122. The van der Waals surface area contributed by atoms with E-state index in [-0.39, 0.29) is 17.9 Å². The van der Waals surface area contributed by atoms with Gasteiger partial charge in [0.2, 0.25) is 5.91 Å². The van der Waals surface area contributed by atoms with Crippen molar-refractivity contribution in [2.75, 3.05) is 27.2 Å². The van der Waals surface area contributed by atoms with Crippen LogP contribution in [0, 0.1) is 0 Å². The Morgan fingerprint density at radius 1 is 1.04 bits per heavy atom. The number of hydrogen-bond acceptors (Lipinski definition) is 3. The van der Waals surface area contributed by atoms with Gasteiger partial charge in [0.15, 0.2) is 0 Å². The quantitative estimate of drug-likeness (QED) is 0.649. The lowest BCUT2D eigenvalue weighted by Crippen LogP contribution is -2.35. The van der Waals surface area contributed by atoms with Crippen molar-refractivity contribution in [1.82, 2.24) is 15.5 Å². The summed E-state index contributed by atoms with van der Waals surface area (Å²) < 4.78 is 0. The van der Waals surface area contributed by atoms with E-state index in [1.807, 2.05) is 49.3 Å². The van der Waals surface area contributed by atoms with Crippen LogP contribution in [-0.2, 0) is 4.79 Å². The lowest BCUT2D eigenvalue weighted by atomic mass is 10.1. The molecule has 144 valence electrons. The van der Waals surface area contributed by atoms with Crippen molar-refractivity contribution in [2.24, 2.45) is 0 Å². The van der Waals surface area contributed by atoms with Crippen LogP contribution >= 0.6 is 11.6 Å². The molecule has 5 nitrogen and oxygen atoms in total. The molecule has 0 aromatic heterocycles. The molecule has 1 unspecified atom stereocenters. The number of halogens is 1. The zero-order chi connectivity index (χ0) is 19.6. The van der Waals surface area contributed by atoms with E-state index in [1.165, 1.54) is 0 Å². The number of likely N-dealkylation sites (N-methyl/N-ethyl adjacent to an activating group) is 1. The van der Waals surface area contributed by atoms with E-state index < -0.39 is 0 Å². The normalized spacial score (nSPS) is 11.9. The molecule has 0 bridgehead atoms. The van der Waals surface area contributed by atoms with Crippen LogP contribution in [0.1, 0.15) is 34.8 Å². The zero-order valence-corrected chi connectivity index (χ0v) is 16.5. The van der Waals surface area contributed by atoms with Gasteiger partial charge in [0.1, 0.15) is 0 Å². The summed E-state index contributed by atoms with van der Waals surface area (Å²) >= 11 is 5.82. The summed E-state index contributed by atoms with van der Waals surface area (Å²) in [5.74, 6) is -0.187. The number of nitrogens with zero attached hydrogens (tertiary/aromatic N) is 1. The number of benzene rings is 2. The minimum Gasteiger partial charge on any atom is -0.352 e. The van der Waals surface area contributed by atoms with Crippen molar-refractivity contribution < 1.29 is 9.59 Å². The Bertz CT molecular complexity index is 733. The Morgan fingerprint density at radius 2 is 1.70 bits per heavy atom. The molecule has 0 aliphatic rings. The SMILES string of the molecule is CN(C)CC(NC(=O)CCCNC(=O)c1ccc(Cl)cc1)c1ccccc1. The van der Waals surface area contributed by atoms with Gasteiger partial charge >= 0.3 is 0 Å². The third-order valence-corrected chi connectivity index (χ3v) is 4.31. The summed E-state index contributed by atoms with van der Waals surface area (Å²) in [6, 6.07) is 16.6. The number of rotatable bonds is 9. The molecule has 0 aliphatic carbocycles. The van der Waals surface area contributed by atoms with Crippen molar-refractivity contribution >= 4 is 23.4 Å². The van der Waals surface area contributed by atoms with Gasteiger partial charge in [0.05, 0.1) is 6.04 Å². The molecule has 1 atom stereocenters. The van der Waals surface area contributed by atoms with Crippen LogP contribution in [0.2, 0.25) is 5.02 Å². The molecule has 0 spiro atoms. The van der Waals surface area contributed by atoms with Gasteiger partial charge in [-0.15, -0.1) is 0 Å². The fourth-order valence-corrected chi connectivity index (χ4v) is 2.83. The number of amides is 2. The molecule has 2 amide bonds. The van der Waals surface area contributed by atoms with Crippen LogP contribution < -0.4 is 10.6 Å². The third-order valence-electron chi connectivity index (χ3n) is 4.06. The molecular formula is C21H26ClN3O2. The van der Waals surface area contributed by atoms with Gasteiger partial charge in [-0.1, -0.05) is 41.9 Å². The highest BCUT2D eigenvalue weighted by Crippen LogP contribution is 2.14. The Hall–Kier alpha value is -2.37. The van der Waals surface area contributed by atoms with Gasteiger partial charge in [-0.2, -0.15) is 0 Å². The minimum atomic E-state index is -0.165. The van der Waals surface area contributed by atoms with Crippen LogP contribution in [-0.4, -0.2) is 43.9 Å². The van der Waals surface area contributed by atoms with E-state index in [0.29, 0.717) is 30.0 Å². The molecule has 2 aromatic rings. The highest BCUT2D eigenvalue weighted by atomic mass is 35.5. The van der Waals surface area contributed by atoms with Crippen molar-refractivity contribution in [3.05, 3.63) is 70.7 Å². The molecule has 0 fully saturated rings. The fourth-order valence-electron chi connectivity index (χ4n) is 2.71. The fraction of sp³-hybridized carbons (Fsp3) is 0.333. The molecule has 2 aromatic carbocycles. The van der Waals surface area contributed by atoms with Gasteiger partial charge in [-0.05, 0) is 50.3 Å². The Labute approximate surface area is 165 Å². The minimum absolute atomic E-state index is 0.0218. The maximum atomic E-state index is 12.3. The summed E-state index contributed by atoms with van der Waals surface area (Å²) in [5.41, 5.74) is 1.63. The first kappa shape index (κ1) is 20.9. The first-order valence-electron chi connectivity index (χ1n) is 8.98. The number of nitrogens with one attached hydrogen (secondary N) is 2. The van der Waals surface area contributed by atoms with Crippen LogP contribution in [0.25, 0.3) is 0 Å². The van der Waals surface area contributed by atoms with Crippen molar-refractivity contribution in [2.45, 2.75) is 18.9 Å². The average molecular weight is 388 g/mol. The van der Waals surface area contributed by atoms with Gasteiger partial charge in [0.25, 0.3) is 5.91 Å². The van der Waals surface area contributed by atoms with Gasteiger partial charge < -0.3 is 15.5 Å². The molecule has 2 rings (SSSR count). The smallest absolute Gasteiger partial charge is 0.251 e. The topological polar surface area (TPSA) is 61.4 Å². The largest absolute Gasteiger partial charge is 0.352 e. The summed E-state index contributed by atoms with van der Waals surface area (Å²) in [5, 5.41) is 6.50. The van der Waals surface area contributed by atoms with Crippen LogP contribution in [0.15, 0.2) is 54.6 Å². The second-order valence-electron chi connectivity index (χ2n) is 6.66. The van der Waals surface area contributed by atoms with Crippen molar-refractivity contribution in [3.63, 3.8) is 0 Å². The number of carbonyl (C=O) groups is 2. The van der Waals surface area contributed by atoms with Gasteiger partial charge in [-0.3, -0.25) is 9.59 Å². The molecule has 0 heterocycles. The molecular weight excluding hydrogens is 362 g/mol. The lowest BCUT2D eigenvalue weighted by Gasteiger charge is -2.23. The maximum Gasteiger partial charge on any atom is 0.251 e. The zero-order valence-electron chi connectivity index (χ0n) is 15.7. The summed E-state index contributed by atoms with van der Waals surface area (Å²) in [7, 11) is 3.96. The van der Waals surface area contributed by atoms with E-state index >= 15 is 0 Å². The molecule has 0 radical (unpaired) electrons. The monoisotopic (exact) mass is 387 g/mol. The standard InChI is InChI=1S/C21H26ClN3O2/c1-25(2)15-19(16-7-4-3-5-8-16)24-20(26)9-6-14-23-21(27)17-10-12-18(22)13-11-17/h3-5,7-8,10-13,19H,6,9,14-15H2,1-2H3,(H,23,27)(H,24,26). The van der Waals surface area contributed by atoms with Crippen LogP contribution in [0.4, 0.5) is 0 Å². The Kier molecular flexibility index (Phi) is 8.30. The number of hydrogen-bond donors (Lipinski definition) is 2. The molecule has 0 saturated carbocycles. The van der Waals surface area contributed by atoms with Gasteiger partial charge in [0, 0.05) is 30.1 Å². The predicted molar refractivity (Wildman–Crippen MR) is 109 cm³/mol. The maximum absolute atomic E-state index is 12.3. The van der Waals surface area contributed by atoms with E-state index in [2.05, 4.69) is 10.6 Å². The van der Waals surface area contributed by atoms with Gasteiger partial charge in [-0.25, -0.2) is 0 Å². The van der Waals surface area contributed by atoms with E-state index in [0.717, 1.165) is 12.1 Å². The Morgan fingerprint density at radius 3 is 2.33 bits per heavy atom. The third kappa shape index (κ3) is 7.41. The average Bonchev–Trinajstić information content (AvgIpc) is 2.65. The van der Waals surface area contributed by atoms with Crippen molar-refractivity contribution in [3.8, 4) is 0 Å². The Balaban J connectivity index is 1.77. The van der Waals surface area contributed by atoms with Crippen LogP contribution in [0.5, 0.6) is 0 Å². The highest BCUT2D eigenvalue weighted by Gasteiger charge is 2.15. The van der Waals surface area contributed by atoms with E-state index in [4.69, 9.17) is 11.6 Å². The van der Waals surface area contributed by atoms with E-state index in [1.54, 1.807) is 24.3 Å². The van der Waals surface area contributed by atoms with E-state index in [9.17, 15) is 9.59 Å². The summed E-state index contributed by atoms with van der Waals surface area (Å²) in [6.07, 6.45) is 0.937. The summed E-state index contributed by atoms with van der Waals surface area (Å²) in [4.78, 5) is 26.4. The predicted octanol–water partition coefficient (Wildman–Crippen LogP) is 3.27. The van der Waals surface area contributed by atoms with Crippen molar-refractivity contribution in [1.29, 1.82) is 0 Å². The molecule has 27 heavy (non-hydrogen) atoms. The highest BCUT2D eigenvalue weighted by molar-refractivity contribution is 6.30. The first-order valence-corrected chi connectivity index (χ1v) is 9.36. The molecule has 6 heteroatoms. The molecule has 0 aliphatic heterocycles.